The van der Waals surface area contributed by atoms with Gasteiger partial charge in [0.05, 0.1) is 0 Å². The predicted octanol–water partition coefficient (Wildman–Crippen LogP) is 3.75. The van der Waals surface area contributed by atoms with Crippen molar-refractivity contribution in [1.29, 1.82) is 0 Å². The van der Waals surface area contributed by atoms with E-state index >= 15 is 0 Å². The Morgan fingerprint density at radius 2 is 1.71 bits per heavy atom. The summed E-state index contributed by atoms with van der Waals surface area (Å²) < 4.78 is 54.1. The SMILES string of the molecule is CC1CC(F)C(F)(C(C)C)C(F)(F)C1. The van der Waals surface area contributed by atoms with Gasteiger partial charge < -0.3 is 0 Å². The average molecular weight is 212 g/mol. The fourth-order valence-corrected chi connectivity index (χ4v) is 2.22. The summed E-state index contributed by atoms with van der Waals surface area (Å²) in [4.78, 5) is 0. The Morgan fingerprint density at radius 3 is 2.07 bits per heavy atom. The molecule has 0 N–H and O–H groups in total. The van der Waals surface area contributed by atoms with E-state index in [9.17, 15) is 17.6 Å². The van der Waals surface area contributed by atoms with Crippen molar-refractivity contribution < 1.29 is 17.6 Å². The summed E-state index contributed by atoms with van der Waals surface area (Å²) in [6.45, 7) is 4.13. The van der Waals surface area contributed by atoms with Gasteiger partial charge in [0, 0.05) is 6.42 Å². The standard InChI is InChI=1S/C10H16F4/c1-6(2)10(14)8(11)4-7(3)5-9(10,12)13/h6-8H,4-5H2,1-3H3. The molecule has 0 spiro atoms. The second-order valence-corrected chi connectivity index (χ2v) is 4.64. The largest absolute Gasteiger partial charge is 0.284 e. The maximum absolute atomic E-state index is 13.9. The van der Waals surface area contributed by atoms with Gasteiger partial charge >= 0.3 is 0 Å². The normalized spacial score (nSPS) is 42.9. The first-order valence-corrected chi connectivity index (χ1v) is 4.92. The van der Waals surface area contributed by atoms with E-state index in [1.165, 1.54) is 20.8 Å². The minimum atomic E-state index is -3.54. The Labute approximate surface area is 81.7 Å². The van der Waals surface area contributed by atoms with Crippen LogP contribution in [0.5, 0.6) is 0 Å². The predicted molar refractivity (Wildman–Crippen MR) is 46.9 cm³/mol. The zero-order valence-corrected chi connectivity index (χ0v) is 8.66. The summed E-state index contributed by atoms with van der Waals surface area (Å²) in [6, 6.07) is 0. The van der Waals surface area contributed by atoms with Gasteiger partial charge in [0.25, 0.3) is 5.92 Å². The van der Waals surface area contributed by atoms with E-state index in [4.69, 9.17) is 0 Å². The van der Waals surface area contributed by atoms with Crippen LogP contribution in [0.15, 0.2) is 0 Å². The third-order valence-corrected chi connectivity index (χ3v) is 3.07. The highest BCUT2D eigenvalue weighted by molar-refractivity contribution is 5.06. The molecule has 0 aromatic heterocycles. The highest BCUT2D eigenvalue weighted by Gasteiger charge is 2.64. The van der Waals surface area contributed by atoms with Gasteiger partial charge in [0.1, 0.15) is 6.17 Å². The summed E-state index contributed by atoms with van der Waals surface area (Å²) in [5, 5.41) is 0. The second kappa shape index (κ2) is 3.38. The summed E-state index contributed by atoms with van der Waals surface area (Å²) in [7, 11) is 0. The van der Waals surface area contributed by atoms with E-state index in [2.05, 4.69) is 0 Å². The fraction of sp³-hybridized carbons (Fsp3) is 1.00. The summed E-state index contributed by atoms with van der Waals surface area (Å²) in [5.74, 6) is -5.00. The first-order valence-electron chi connectivity index (χ1n) is 4.92. The average Bonchev–Trinajstić information content (AvgIpc) is 1.98. The number of hydrogen-bond donors (Lipinski definition) is 0. The number of hydrogen-bond acceptors (Lipinski definition) is 0. The molecule has 1 fully saturated rings. The molecule has 0 saturated heterocycles. The highest BCUT2D eigenvalue weighted by atomic mass is 19.3. The molecule has 0 amide bonds. The van der Waals surface area contributed by atoms with E-state index in [0.717, 1.165) is 0 Å². The third kappa shape index (κ3) is 1.52. The molecule has 0 bridgehead atoms. The molecule has 1 aliphatic carbocycles. The van der Waals surface area contributed by atoms with E-state index in [1.807, 2.05) is 0 Å². The maximum atomic E-state index is 13.9. The summed E-state index contributed by atoms with van der Waals surface area (Å²) >= 11 is 0. The van der Waals surface area contributed by atoms with Crippen molar-refractivity contribution in [3.05, 3.63) is 0 Å². The van der Waals surface area contributed by atoms with Crippen molar-refractivity contribution in [1.82, 2.24) is 0 Å². The Hall–Kier alpha value is -0.280. The van der Waals surface area contributed by atoms with Crippen LogP contribution in [0, 0.1) is 11.8 Å². The lowest BCUT2D eigenvalue weighted by Gasteiger charge is -2.44. The number of halogens is 4. The lowest BCUT2D eigenvalue weighted by Crippen LogP contribution is -2.59. The Morgan fingerprint density at radius 1 is 1.21 bits per heavy atom. The number of alkyl halides is 4. The van der Waals surface area contributed by atoms with E-state index in [1.54, 1.807) is 0 Å². The quantitative estimate of drug-likeness (QED) is 0.580. The lowest BCUT2D eigenvalue weighted by atomic mass is 9.71. The van der Waals surface area contributed by atoms with Gasteiger partial charge in [0.2, 0.25) is 5.67 Å². The molecule has 0 heterocycles. The van der Waals surface area contributed by atoms with Crippen molar-refractivity contribution in [2.24, 2.45) is 11.8 Å². The van der Waals surface area contributed by atoms with Crippen LogP contribution in [0.4, 0.5) is 17.6 Å². The third-order valence-electron chi connectivity index (χ3n) is 3.07. The van der Waals surface area contributed by atoms with Gasteiger partial charge in [-0.3, -0.25) is 0 Å². The van der Waals surface area contributed by atoms with Crippen LogP contribution in [0.25, 0.3) is 0 Å². The van der Waals surface area contributed by atoms with Crippen molar-refractivity contribution >= 4 is 0 Å². The monoisotopic (exact) mass is 212 g/mol. The van der Waals surface area contributed by atoms with Crippen LogP contribution in [-0.4, -0.2) is 17.8 Å². The minimum absolute atomic E-state index is 0.107. The molecule has 84 valence electrons. The maximum Gasteiger partial charge on any atom is 0.284 e. The molecule has 0 radical (unpaired) electrons. The van der Waals surface area contributed by atoms with Crippen LogP contribution in [0.2, 0.25) is 0 Å². The molecule has 0 aliphatic heterocycles. The van der Waals surface area contributed by atoms with Crippen molar-refractivity contribution in [3.63, 3.8) is 0 Å². The first kappa shape index (κ1) is 11.8. The van der Waals surface area contributed by atoms with Crippen LogP contribution in [0.1, 0.15) is 33.6 Å². The molecule has 3 unspecified atom stereocenters. The van der Waals surface area contributed by atoms with Gasteiger partial charge in [0.15, 0.2) is 0 Å². The van der Waals surface area contributed by atoms with Crippen molar-refractivity contribution in [2.45, 2.75) is 51.4 Å². The van der Waals surface area contributed by atoms with Crippen molar-refractivity contribution in [2.75, 3.05) is 0 Å². The van der Waals surface area contributed by atoms with Crippen LogP contribution < -0.4 is 0 Å². The lowest BCUT2D eigenvalue weighted by molar-refractivity contribution is -0.221. The van der Waals surface area contributed by atoms with Gasteiger partial charge in [-0.15, -0.1) is 0 Å². The van der Waals surface area contributed by atoms with Gasteiger partial charge in [-0.2, -0.15) is 0 Å². The fourth-order valence-electron chi connectivity index (χ4n) is 2.22. The molecular formula is C10H16F4. The van der Waals surface area contributed by atoms with Crippen LogP contribution in [-0.2, 0) is 0 Å². The molecule has 0 nitrogen and oxygen atoms in total. The smallest absolute Gasteiger partial charge is 0.244 e. The van der Waals surface area contributed by atoms with Gasteiger partial charge in [-0.25, -0.2) is 17.6 Å². The van der Waals surface area contributed by atoms with Crippen molar-refractivity contribution in [3.8, 4) is 0 Å². The first-order chi connectivity index (χ1) is 6.22. The van der Waals surface area contributed by atoms with Crippen LogP contribution in [0.3, 0.4) is 0 Å². The number of rotatable bonds is 1. The molecule has 1 saturated carbocycles. The zero-order chi connectivity index (χ0) is 11.1. The van der Waals surface area contributed by atoms with E-state index < -0.39 is 36.0 Å². The van der Waals surface area contributed by atoms with Crippen LogP contribution >= 0.6 is 0 Å². The molecule has 0 aromatic carbocycles. The molecule has 14 heavy (non-hydrogen) atoms. The molecule has 4 heteroatoms. The zero-order valence-electron chi connectivity index (χ0n) is 8.66. The van der Waals surface area contributed by atoms with E-state index in [0.29, 0.717) is 0 Å². The second-order valence-electron chi connectivity index (χ2n) is 4.64. The molecule has 0 aromatic rings. The van der Waals surface area contributed by atoms with Gasteiger partial charge in [-0.1, -0.05) is 20.8 Å². The molecule has 1 rings (SSSR count). The minimum Gasteiger partial charge on any atom is -0.244 e. The van der Waals surface area contributed by atoms with E-state index in [-0.39, 0.29) is 6.42 Å². The van der Waals surface area contributed by atoms with Gasteiger partial charge in [-0.05, 0) is 18.3 Å². The highest BCUT2D eigenvalue weighted by Crippen LogP contribution is 2.51. The topological polar surface area (TPSA) is 0 Å². The Kier molecular flexibility index (Phi) is 2.85. The Bertz CT molecular complexity index is 214. The molecular weight excluding hydrogens is 196 g/mol. The Balaban J connectivity index is 3.01. The molecule has 3 atom stereocenters. The summed E-state index contributed by atoms with van der Waals surface area (Å²) in [5.41, 5.74) is -2.99. The molecule has 1 aliphatic rings. The summed E-state index contributed by atoms with van der Waals surface area (Å²) in [6.07, 6.45) is -2.71.